The van der Waals surface area contributed by atoms with Crippen LogP contribution in [0.3, 0.4) is 0 Å². The molecule has 6 heteroatoms. The van der Waals surface area contributed by atoms with Crippen molar-refractivity contribution in [3.63, 3.8) is 0 Å². The van der Waals surface area contributed by atoms with Gasteiger partial charge in [-0.25, -0.2) is 8.42 Å². The fourth-order valence-electron chi connectivity index (χ4n) is 3.31. The third-order valence-electron chi connectivity index (χ3n) is 5.00. The first-order valence-electron chi connectivity index (χ1n) is 9.19. The summed E-state index contributed by atoms with van der Waals surface area (Å²) in [5.41, 5.74) is 1.97. The predicted molar refractivity (Wildman–Crippen MR) is 102 cm³/mol. The van der Waals surface area contributed by atoms with Gasteiger partial charge in [0, 0.05) is 12.6 Å². The molecule has 0 spiro atoms. The van der Waals surface area contributed by atoms with Gasteiger partial charge >= 0.3 is 0 Å². The van der Waals surface area contributed by atoms with Crippen LogP contribution in [0.15, 0.2) is 39.8 Å². The van der Waals surface area contributed by atoms with Gasteiger partial charge in [-0.2, -0.15) is 4.31 Å². The second-order valence-corrected chi connectivity index (χ2v) is 10.2. The summed E-state index contributed by atoms with van der Waals surface area (Å²) in [5, 5.41) is 4.09. The minimum absolute atomic E-state index is 0.00838. The van der Waals surface area contributed by atoms with Crippen molar-refractivity contribution in [1.82, 2.24) is 9.46 Å². The molecule has 26 heavy (non-hydrogen) atoms. The number of benzene rings is 1. The highest BCUT2D eigenvalue weighted by Gasteiger charge is 2.38. The molecule has 0 bridgehead atoms. The van der Waals surface area contributed by atoms with Gasteiger partial charge in [0.25, 0.3) is 0 Å². The number of aromatic nitrogens is 1. The Hall–Kier alpha value is -1.66. The summed E-state index contributed by atoms with van der Waals surface area (Å²) in [5.74, 6) is 0.894. The molecule has 1 aliphatic heterocycles. The lowest BCUT2D eigenvalue weighted by Crippen LogP contribution is -2.30. The fraction of sp³-hybridized carbons (Fsp3) is 0.550. The Balaban J connectivity index is 1.90. The molecule has 0 amide bonds. The zero-order valence-electron chi connectivity index (χ0n) is 16.2. The highest BCUT2D eigenvalue weighted by Crippen LogP contribution is 2.37. The van der Waals surface area contributed by atoms with Gasteiger partial charge in [-0.3, -0.25) is 0 Å². The molecule has 0 aliphatic carbocycles. The van der Waals surface area contributed by atoms with E-state index in [9.17, 15) is 8.42 Å². The first kappa shape index (κ1) is 19.1. The quantitative estimate of drug-likeness (QED) is 0.781. The summed E-state index contributed by atoms with van der Waals surface area (Å²) in [7, 11) is -3.56. The third-order valence-corrected chi connectivity index (χ3v) is 6.92. The molecule has 0 radical (unpaired) electrons. The normalized spacial score (nSPS) is 19.4. The van der Waals surface area contributed by atoms with Crippen LogP contribution in [0.5, 0.6) is 0 Å². The largest absolute Gasteiger partial charge is 0.359 e. The molecule has 1 saturated heterocycles. The molecule has 1 aromatic heterocycles. The summed E-state index contributed by atoms with van der Waals surface area (Å²) in [4.78, 5) is 0.334. The van der Waals surface area contributed by atoms with Crippen molar-refractivity contribution in [2.75, 3.05) is 6.54 Å². The van der Waals surface area contributed by atoms with Crippen molar-refractivity contribution in [2.24, 2.45) is 0 Å². The van der Waals surface area contributed by atoms with E-state index in [0.29, 0.717) is 17.2 Å². The third kappa shape index (κ3) is 3.58. The molecule has 2 aromatic rings. The predicted octanol–water partition coefficient (Wildman–Crippen LogP) is 4.62. The summed E-state index contributed by atoms with van der Waals surface area (Å²) >= 11 is 0. The number of sulfonamides is 1. The van der Waals surface area contributed by atoms with Crippen molar-refractivity contribution in [2.45, 2.75) is 69.7 Å². The molecular formula is C20H28N2O3S. The van der Waals surface area contributed by atoms with E-state index in [2.05, 4.69) is 25.9 Å². The van der Waals surface area contributed by atoms with E-state index in [1.807, 2.05) is 32.0 Å². The topological polar surface area (TPSA) is 63.4 Å². The fourth-order valence-corrected chi connectivity index (χ4v) is 4.97. The maximum atomic E-state index is 13.2. The molecule has 1 aromatic carbocycles. The molecule has 1 aliphatic rings. The lowest BCUT2D eigenvalue weighted by molar-refractivity contribution is 0.295. The zero-order chi connectivity index (χ0) is 19.1. The minimum atomic E-state index is -3.56. The summed E-state index contributed by atoms with van der Waals surface area (Å²) in [6.45, 7) is 10.9. The van der Waals surface area contributed by atoms with Crippen LogP contribution in [0.4, 0.5) is 0 Å². The Morgan fingerprint density at radius 2 is 1.85 bits per heavy atom. The van der Waals surface area contributed by atoms with Crippen molar-refractivity contribution in [3.05, 3.63) is 47.3 Å². The molecule has 1 fully saturated rings. The number of hydrogen-bond acceptors (Lipinski definition) is 4. The maximum Gasteiger partial charge on any atom is 0.243 e. The Labute approximate surface area is 156 Å². The first-order chi connectivity index (χ1) is 12.1. The molecule has 142 valence electrons. The highest BCUT2D eigenvalue weighted by molar-refractivity contribution is 7.89. The van der Waals surface area contributed by atoms with Crippen LogP contribution < -0.4 is 0 Å². The minimum Gasteiger partial charge on any atom is -0.359 e. The van der Waals surface area contributed by atoms with Crippen LogP contribution >= 0.6 is 0 Å². The van der Waals surface area contributed by atoms with Crippen molar-refractivity contribution < 1.29 is 12.9 Å². The van der Waals surface area contributed by atoms with Gasteiger partial charge in [0.15, 0.2) is 5.76 Å². The standard InChI is InChI=1S/C20H28N2O3S/c1-14(2)17-13-19(25-21-17)18-7-6-12-22(18)26(23,24)16-10-8-15(9-11-16)20(3,4)5/h8-11,13-14,18H,6-7,12H2,1-5H3. The van der Waals surface area contributed by atoms with Crippen LogP contribution in [-0.2, 0) is 15.4 Å². The van der Waals surface area contributed by atoms with Gasteiger partial charge in [0.1, 0.15) is 0 Å². The van der Waals surface area contributed by atoms with Gasteiger partial charge in [0.2, 0.25) is 10.0 Å². The van der Waals surface area contributed by atoms with Crippen LogP contribution in [0.25, 0.3) is 0 Å². The van der Waals surface area contributed by atoms with E-state index in [-0.39, 0.29) is 17.4 Å². The van der Waals surface area contributed by atoms with E-state index in [1.165, 1.54) is 0 Å². The van der Waals surface area contributed by atoms with E-state index in [0.717, 1.165) is 24.1 Å². The lowest BCUT2D eigenvalue weighted by atomic mass is 9.87. The second kappa shape index (κ2) is 6.82. The summed E-state index contributed by atoms with van der Waals surface area (Å²) in [6, 6.07) is 8.86. The van der Waals surface area contributed by atoms with Crippen LogP contribution in [-0.4, -0.2) is 24.4 Å². The Morgan fingerprint density at radius 1 is 1.19 bits per heavy atom. The molecular weight excluding hydrogens is 348 g/mol. The average molecular weight is 377 g/mol. The number of rotatable bonds is 4. The van der Waals surface area contributed by atoms with Gasteiger partial charge in [-0.05, 0) is 41.9 Å². The van der Waals surface area contributed by atoms with Crippen LogP contribution in [0, 0.1) is 0 Å². The molecule has 5 nitrogen and oxygen atoms in total. The van der Waals surface area contributed by atoms with Crippen molar-refractivity contribution >= 4 is 10.0 Å². The monoisotopic (exact) mass is 376 g/mol. The number of nitrogens with zero attached hydrogens (tertiary/aromatic N) is 2. The first-order valence-corrected chi connectivity index (χ1v) is 10.6. The second-order valence-electron chi connectivity index (χ2n) is 8.36. The van der Waals surface area contributed by atoms with Crippen LogP contribution in [0.2, 0.25) is 0 Å². The molecule has 0 saturated carbocycles. The summed E-state index contributed by atoms with van der Waals surface area (Å²) in [6.07, 6.45) is 1.58. The average Bonchev–Trinajstić information content (AvgIpc) is 3.23. The number of hydrogen-bond donors (Lipinski definition) is 0. The van der Waals surface area contributed by atoms with E-state index in [4.69, 9.17) is 4.52 Å². The Kier molecular flexibility index (Phi) is 5.01. The van der Waals surface area contributed by atoms with E-state index < -0.39 is 10.0 Å². The van der Waals surface area contributed by atoms with Crippen molar-refractivity contribution in [3.8, 4) is 0 Å². The van der Waals surface area contributed by atoms with Gasteiger partial charge in [0.05, 0.1) is 16.6 Å². The van der Waals surface area contributed by atoms with Crippen LogP contribution in [0.1, 0.15) is 76.4 Å². The van der Waals surface area contributed by atoms with Gasteiger partial charge in [-0.1, -0.05) is 51.9 Å². The molecule has 2 heterocycles. The molecule has 1 unspecified atom stereocenters. The highest BCUT2D eigenvalue weighted by atomic mass is 32.2. The molecule has 3 rings (SSSR count). The zero-order valence-corrected chi connectivity index (χ0v) is 17.0. The van der Waals surface area contributed by atoms with Gasteiger partial charge < -0.3 is 4.52 Å². The van der Waals surface area contributed by atoms with E-state index in [1.54, 1.807) is 16.4 Å². The lowest BCUT2D eigenvalue weighted by Gasteiger charge is -2.23. The molecule has 0 N–H and O–H groups in total. The summed E-state index contributed by atoms with van der Waals surface area (Å²) < 4.78 is 33.4. The Bertz CT molecular complexity index is 861. The smallest absolute Gasteiger partial charge is 0.243 e. The van der Waals surface area contributed by atoms with E-state index >= 15 is 0 Å². The van der Waals surface area contributed by atoms with Crippen molar-refractivity contribution in [1.29, 1.82) is 0 Å². The Morgan fingerprint density at radius 3 is 2.38 bits per heavy atom. The van der Waals surface area contributed by atoms with Gasteiger partial charge in [-0.15, -0.1) is 0 Å². The molecule has 1 atom stereocenters. The maximum absolute atomic E-state index is 13.2. The SMILES string of the molecule is CC(C)c1cc(C2CCCN2S(=O)(=O)c2ccc(C(C)(C)C)cc2)on1.